The Balaban J connectivity index is 3.75. The number of hydrogen-bond acceptors (Lipinski definition) is 2. The van der Waals surface area contributed by atoms with E-state index in [9.17, 15) is 14.3 Å². The van der Waals surface area contributed by atoms with E-state index < -0.39 is 5.97 Å². The fourth-order valence-corrected chi connectivity index (χ4v) is 5.51. The van der Waals surface area contributed by atoms with Crippen LogP contribution in [-0.2, 0) is 76.3 Å². The third-order valence-corrected chi connectivity index (χ3v) is 6.50. The Morgan fingerprint density at radius 3 is 2.35 bits per heavy atom. The van der Waals surface area contributed by atoms with E-state index in [2.05, 4.69) is 0 Å². The molecule has 0 saturated heterocycles. The van der Waals surface area contributed by atoms with Crippen LogP contribution >= 0.6 is 0 Å². The van der Waals surface area contributed by atoms with E-state index in [1.54, 1.807) is 6.92 Å². The van der Waals surface area contributed by atoms with Gasteiger partial charge in [0.25, 0.3) is 0 Å². The molecule has 0 amide bonds. The molecule has 0 aliphatic heterocycles. The second-order valence-electron chi connectivity index (χ2n) is 4.05. The molecule has 0 aromatic heterocycles. The van der Waals surface area contributed by atoms with Gasteiger partial charge in [-0.1, -0.05) is 0 Å². The summed E-state index contributed by atoms with van der Waals surface area (Å²) in [5.41, 5.74) is 0.972. The van der Waals surface area contributed by atoms with Crippen molar-refractivity contribution >= 4 is 5.97 Å². The average molecular weight is 797 g/mol. The predicted octanol–water partition coefficient (Wildman–Crippen LogP) is 1.59. The Hall–Kier alpha value is 1.23. The molecule has 1 rings (SSSR count). The third kappa shape index (κ3) is 3.62. The van der Waals surface area contributed by atoms with Gasteiger partial charge in [0.15, 0.2) is 0 Å². The zero-order valence-corrected chi connectivity index (χ0v) is 26.3. The van der Waals surface area contributed by atoms with Crippen LogP contribution < -0.4 is 4.74 Å². The molecule has 0 fully saturated rings. The van der Waals surface area contributed by atoms with Crippen LogP contribution in [0.5, 0.6) is 5.75 Å². The number of hydrogen-bond donors (Lipinski definition) is 1. The van der Waals surface area contributed by atoms with E-state index >= 15 is 0 Å². The number of aromatic carboxylic acids is 1. The van der Waals surface area contributed by atoms with Crippen molar-refractivity contribution in [2.75, 3.05) is 7.11 Å². The summed E-state index contributed by atoms with van der Waals surface area (Å²) in [6.07, 6.45) is 0. The normalized spacial score (nSPS) is 11.6. The van der Waals surface area contributed by atoms with E-state index in [4.69, 9.17) is 4.74 Å². The van der Waals surface area contributed by atoms with Crippen molar-refractivity contribution in [3.63, 3.8) is 0 Å². The van der Waals surface area contributed by atoms with Crippen molar-refractivity contribution in [2.24, 2.45) is 0 Å². The molecule has 0 unspecified atom stereocenters. The van der Waals surface area contributed by atoms with Crippen LogP contribution in [0.1, 0.15) is 21.5 Å². The van der Waals surface area contributed by atoms with E-state index in [0.29, 0.717) is 89.5 Å². The summed E-state index contributed by atoms with van der Waals surface area (Å²) in [6, 6.07) is 1.48. The monoisotopic (exact) mass is 801 g/mol. The number of carboxylic acid groups (broad SMARTS) is 1. The molecule has 0 radical (unpaired) electrons. The van der Waals surface area contributed by atoms with Gasteiger partial charge in [-0.05, 0) is 0 Å². The number of halogens is 1. The Bertz CT molecular complexity index is 469. The Morgan fingerprint density at radius 1 is 1.47 bits per heavy atom. The molecular formula is C10H8FHg3O3. The molecule has 1 aromatic carbocycles. The van der Waals surface area contributed by atoms with Gasteiger partial charge >= 0.3 is 150 Å². The Morgan fingerprint density at radius 2 is 2.00 bits per heavy atom. The van der Waals surface area contributed by atoms with E-state index in [1.807, 2.05) is 0 Å². The van der Waals surface area contributed by atoms with Gasteiger partial charge < -0.3 is 0 Å². The van der Waals surface area contributed by atoms with Crippen LogP contribution in [0.25, 0.3) is 0 Å². The van der Waals surface area contributed by atoms with Gasteiger partial charge in [0.05, 0.1) is 0 Å². The summed E-state index contributed by atoms with van der Waals surface area (Å²) in [7, 11) is 1.43. The van der Waals surface area contributed by atoms with Crippen molar-refractivity contribution < 1.29 is 97.4 Å². The zero-order valence-electron chi connectivity index (χ0n) is 9.84. The standard InChI is InChI=1S/C10H8FO3.3Hg/c1-5-4-7(14-3)8(10(12)13)6(2)9(5)11;;;/h4H,1,3H3,(H,12,13);;;. The van der Waals surface area contributed by atoms with E-state index in [1.165, 1.54) is 13.2 Å². The van der Waals surface area contributed by atoms with Crippen LogP contribution in [0, 0.1) is 12.7 Å². The molecule has 17 heavy (non-hydrogen) atoms. The zero-order chi connectivity index (χ0) is 13.4. The molecular weight excluding hydrogens is 789 g/mol. The number of benzene rings is 1. The summed E-state index contributed by atoms with van der Waals surface area (Å²) in [5, 5.41) is 9.27. The van der Waals surface area contributed by atoms with Crippen LogP contribution in [0.15, 0.2) is 6.07 Å². The molecule has 0 saturated carbocycles. The topological polar surface area (TPSA) is 46.5 Å². The van der Waals surface area contributed by atoms with E-state index in [0.717, 1.165) is 0 Å². The van der Waals surface area contributed by atoms with Crippen LogP contribution in [0.2, 0.25) is 0 Å². The first-order chi connectivity index (χ1) is 7.70. The van der Waals surface area contributed by atoms with Crippen molar-refractivity contribution in [3.05, 3.63) is 28.6 Å². The number of ether oxygens (including phenoxy) is 1. The van der Waals surface area contributed by atoms with Gasteiger partial charge in [0, 0.05) is 0 Å². The predicted molar refractivity (Wildman–Crippen MR) is 46.3 cm³/mol. The van der Waals surface area contributed by atoms with Crippen LogP contribution in [0.4, 0.5) is 4.39 Å². The van der Waals surface area contributed by atoms with Crippen molar-refractivity contribution in [2.45, 2.75) is 4.86 Å². The van der Waals surface area contributed by atoms with Crippen LogP contribution in [0.3, 0.4) is 0 Å². The van der Waals surface area contributed by atoms with Gasteiger partial charge in [0.2, 0.25) is 0 Å². The van der Waals surface area contributed by atoms with Gasteiger partial charge in [-0.25, -0.2) is 0 Å². The first-order valence-electron chi connectivity index (χ1n) is 4.87. The molecule has 79 valence electrons. The van der Waals surface area contributed by atoms with Gasteiger partial charge in [0.1, 0.15) is 0 Å². The summed E-state index contributed by atoms with van der Waals surface area (Å²) in [6.45, 7) is 1.66. The quantitative estimate of drug-likeness (QED) is 0.474. The van der Waals surface area contributed by atoms with E-state index in [-0.39, 0.29) is 15.1 Å². The van der Waals surface area contributed by atoms with Crippen molar-refractivity contribution in [1.82, 2.24) is 0 Å². The first kappa shape index (κ1) is 16.3. The summed E-state index contributed by atoms with van der Waals surface area (Å²) < 4.78 is 19.3. The number of rotatable bonds is 3. The first-order valence-corrected chi connectivity index (χ1v) is 13.1. The van der Waals surface area contributed by atoms with Crippen molar-refractivity contribution in [1.29, 1.82) is 0 Å². The molecule has 0 aliphatic carbocycles. The number of carbonyl (C=O) groups is 1. The fourth-order valence-electron chi connectivity index (χ4n) is 1.63. The molecule has 0 aliphatic rings. The second kappa shape index (κ2) is 6.12. The summed E-state index contributed by atoms with van der Waals surface area (Å²) in [5.74, 6) is -1.12. The van der Waals surface area contributed by atoms with Crippen molar-refractivity contribution in [3.8, 4) is 5.75 Å². The summed E-state index contributed by atoms with van der Waals surface area (Å²) in [4.78, 5) is 11.3. The minimum atomic E-state index is -1.08. The maximum atomic E-state index is 14.2. The fraction of sp³-hybridized carbons (Fsp3) is 0.300. The van der Waals surface area contributed by atoms with Gasteiger partial charge in [-0.2, -0.15) is 0 Å². The van der Waals surface area contributed by atoms with Crippen LogP contribution in [-0.4, -0.2) is 18.2 Å². The number of methoxy groups -OCH3 is 1. The maximum absolute atomic E-state index is 14.2. The Kier molecular flexibility index (Phi) is 5.86. The molecule has 7 heteroatoms. The van der Waals surface area contributed by atoms with Gasteiger partial charge in [-0.15, -0.1) is 0 Å². The number of carboxylic acids is 1. The third-order valence-electron chi connectivity index (χ3n) is 2.37. The molecule has 0 heterocycles. The molecule has 3 nitrogen and oxygen atoms in total. The second-order valence-corrected chi connectivity index (χ2v) is 65.2. The molecule has 0 bridgehead atoms. The van der Waals surface area contributed by atoms with Gasteiger partial charge in [-0.3, -0.25) is 0 Å². The molecule has 0 atom stereocenters. The number of aryl methyl sites for hydroxylation is 1. The minimum absolute atomic E-state index is 0.0168. The average Bonchev–Trinajstić information content (AvgIpc) is 2.18. The SMILES string of the molecule is COc1cc(C)c(F)c([C]([Hg])([Hg])[Hg])c1C(=O)O. The molecule has 1 N–H and O–H groups in total. The molecule has 0 spiro atoms. The Labute approximate surface area is 147 Å². The summed E-state index contributed by atoms with van der Waals surface area (Å²) >= 11 is 1.11. The molecule has 1 aromatic rings.